The maximum atomic E-state index is 12.2. The van der Waals surface area contributed by atoms with E-state index in [9.17, 15) is 9.59 Å². The minimum absolute atomic E-state index is 0.162. The van der Waals surface area contributed by atoms with E-state index in [0.717, 1.165) is 11.1 Å². The molecule has 1 heterocycles. The Labute approximate surface area is 145 Å². The van der Waals surface area contributed by atoms with Gasteiger partial charge in [0, 0.05) is 12.5 Å². The first-order chi connectivity index (χ1) is 12.1. The Hall–Kier alpha value is -3.02. The summed E-state index contributed by atoms with van der Waals surface area (Å²) in [6.07, 6.45) is -1.20. The Morgan fingerprint density at radius 3 is 2.60 bits per heavy atom. The summed E-state index contributed by atoms with van der Waals surface area (Å²) in [5, 5.41) is 2.78. The van der Waals surface area contributed by atoms with Gasteiger partial charge in [-0.1, -0.05) is 48.5 Å². The molecule has 0 saturated heterocycles. The molecule has 0 bridgehead atoms. The van der Waals surface area contributed by atoms with Crippen LogP contribution in [0.25, 0.3) is 0 Å². The van der Waals surface area contributed by atoms with Crippen LogP contribution in [0.3, 0.4) is 0 Å². The van der Waals surface area contributed by atoms with Crippen molar-refractivity contribution in [3.8, 4) is 5.75 Å². The number of fused-ring (bicyclic) bond motifs is 1. The highest BCUT2D eigenvalue weighted by Crippen LogP contribution is 2.33. The Morgan fingerprint density at radius 2 is 1.84 bits per heavy atom. The molecule has 0 aliphatic carbocycles. The van der Waals surface area contributed by atoms with Crippen LogP contribution in [0.1, 0.15) is 24.1 Å². The lowest BCUT2D eigenvalue weighted by atomic mass is 9.98. The molecule has 0 radical (unpaired) electrons. The Kier molecular flexibility index (Phi) is 5.18. The summed E-state index contributed by atoms with van der Waals surface area (Å²) in [5.41, 5.74) is 1.64. The van der Waals surface area contributed by atoms with Crippen molar-refractivity contribution in [2.45, 2.75) is 25.7 Å². The third kappa shape index (κ3) is 4.29. The number of carbonyl (C=O) groups is 2. The molecular formula is C19H19NO5. The van der Waals surface area contributed by atoms with E-state index in [4.69, 9.17) is 14.2 Å². The summed E-state index contributed by atoms with van der Waals surface area (Å²) in [7, 11) is 0. The van der Waals surface area contributed by atoms with Gasteiger partial charge < -0.3 is 19.5 Å². The fourth-order valence-electron chi connectivity index (χ4n) is 2.72. The number of hydrogen-bond donors (Lipinski definition) is 1. The Balaban J connectivity index is 1.70. The van der Waals surface area contributed by atoms with Gasteiger partial charge in [-0.25, -0.2) is 4.79 Å². The predicted octanol–water partition coefficient (Wildman–Crippen LogP) is 2.98. The standard InChI is InChI=1S/C19H19NO5/c1-13(21)25-17-12-23-16-10-6-5-9-15(16)18(17)20-19(22)24-11-14-7-3-2-4-8-14/h2-10,17-18H,11-12H2,1H3,(H,20,22)/t17-,18-/m1/s1. The van der Waals surface area contributed by atoms with Gasteiger partial charge in [0.05, 0.1) is 0 Å². The first-order valence-corrected chi connectivity index (χ1v) is 7.99. The highest BCUT2D eigenvalue weighted by Gasteiger charge is 2.34. The molecule has 130 valence electrons. The minimum Gasteiger partial charge on any atom is -0.489 e. The van der Waals surface area contributed by atoms with Crippen LogP contribution in [0.15, 0.2) is 54.6 Å². The summed E-state index contributed by atoms with van der Waals surface area (Å²) >= 11 is 0. The van der Waals surface area contributed by atoms with Gasteiger partial charge in [0.2, 0.25) is 0 Å². The van der Waals surface area contributed by atoms with Gasteiger partial charge in [0.25, 0.3) is 0 Å². The Bertz CT molecular complexity index is 746. The van der Waals surface area contributed by atoms with Gasteiger partial charge in [-0.15, -0.1) is 0 Å². The fraction of sp³-hybridized carbons (Fsp3) is 0.263. The van der Waals surface area contributed by atoms with E-state index in [1.54, 1.807) is 0 Å². The molecule has 3 rings (SSSR count). The van der Waals surface area contributed by atoms with Crippen LogP contribution in [-0.2, 0) is 20.9 Å². The monoisotopic (exact) mass is 341 g/mol. The average Bonchev–Trinajstić information content (AvgIpc) is 2.62. The molecule has 0 aromatic heterocycles. The molecule has 1 aliphatic rings. The molecule has 0 fully saturated rings. The van der Waals surface area contributed by atoms with Crippen LogP contribution in [0.2, 0.25) is 0 Å². The van der Waals surface area contributed by atoms with Gasteiger partial charge >= 0.3 is 12.1 Å². The van der Waals surface area contributed by atoms with Gasteiger partial charge in [0.1, 0.15) is 25.0 Å². The number of benzene rings is 2. The molecule has 2 atom stereocenters. The number of ether oxygens (including phenoxy) is 3. The largest absolute Gasteiger partial charge is 0.489 e. The quantitative estimate of drug-likeness (QED) is 0.866. The number of para-hydroxylation sites is 1. The smallest absolute Gasteiger partial charge is 0.408 e. The van der Waals surface area contributed by atoms with Crippen molar-refractivity contribution < 1.29 is 23.8 Å². The third-order valence-corrected chi connectivity index (χ3v) is 3.83. The number of nitrogens with one attached hydrogen (secondary N) is 1. The second-order valence-electron chi connectivity index (χ2n) is 5.68. The van der Waals surface area contributed by atoms with E-state index >= 15 is 0 Å². The van der Waals surface area contributed by atoms with E-state index in [0.29, 0.717) is 5.75 Å². The number of hydrogen-bond acceptors (Lipinski definition) is 5. The van der Waals surface area contributed by atoms with E-state index in [2.05, 4.69) is 5.32 Å². The maximum Gasteiger partial charge on any atom is 0.408 e. The average molecular weight is 341 g/mol. The first kappa shape index (κ1) is 16.8. The Morgan fingerprint density at radius 1 is 1.12 bits per heavy atom. The number of rotatable bonds is 4. The van der Waals surface area contributed by atoms with Crippen LogP contribution in [0, 0.1) is 0 Å². The molecule has 6 nitrogen and oxygen atoms in total. The molecule has 0 saturated carbocycles. The van der Waals surface area contributed by atoms with Gasteiger partial charge in [-0.05, 0) is 11.6 Å². The lowest BCUT2D eigenvalue weighted by molar-refractivity contribution is -0.150. The van der Waals surface area contributed by atoms with Crippen molar-refractivity contribution in [3.05, 3.63) is 65.7 Å². The molecule has 0 spiro atoms. The van der Waals surface area contributed by atoms with E-state index in [1.165, 1.54) is 6.92 Å². The van der Waals surface area contributed by atoms with E-state index in [1.807, 2.05) is 54.6 Å². The summed E-state index contributed by atoms with van der Waals surface area (Å²) in [6.45, 7) is 1.65. The first-order valence-electron chi connectivity index (χ1n) is 7.99. The molecule has 1 N–H and O–H groups in total. The van der Waals surface area contributed by atoms with Gasteiger partial charge in [0.15, 0.2) is 6.10 Å². The number of carbonyl (C=O) groups excluding carboxylic acids is 2. The van der Waals surface area contributed by atoms with Gasteiger partial charge in [-0.3, -0.25) is 4.79 Å². The molecule has 2 aromatic rings. The third-order valence-electron chi connectivity index (χ3n) is 3.83. The summed E-state index contributed by atoms with van der Waals surface area (Å²) in [5.74, 6) is 0.219. The molecule has 0 unspecified atom stereocenters. The van der Waals surface area contributed by atoms with Crippen molar-refractivity contribution >= 4 is 12.1 Å². The lowest BCUT2D eigenvalue weighted by Crippen LogP contribution is -2.44. The summed E-state index contributed by atoms with van der Waals surface area (Å²) < 4.78 is 16.2. The van der Waals surface area contributed by atoms with E-state index in [-0.39, 0.29) is 13.2 Å². The van der Waals surface area contributed by atoms with Crippen molar-refractivity contribution in [2.24, 2.45) is 0 Å². The van der Waals surface area contributed by atoms with Crippen LogP contribution in [0.4, 0.5) is 4.79 Å². The molecule has 1 aliphatic heterocycles. The zero-order chi connectivity index (χ0) is 17.6. The molecule has 2 aromatic carbocycles. The maximum absolute atomic E-state index is 12.2. The lowest BCUT2D eigenvalue weighted by Gasteiger charge is -2.33. The molecule has 1 amide bonds. The minimum atomic E-state index is -0.614. The van der Waals surface area contributed by atoms with Crippen molar-refractivity contribution in [1.29, 1.82) is 0 Å². The van der Waals surface area contributed by atoms with Crippen molar-refractivity contribution in [2.75, 3.05) is 6.61 Å². The van der Waals surface area contributed by atoms with Crippen molar-refractivity contribution in [1.82, 2.24) is 5.32 Å². The van der Waals surface area contributed by atoms with E-state index < -0.39 is 24.2 Å². The number of alkyl carbamates (subject to hydrolysis) is 1. The highest BCUT2D eigenvalue weighted by atomic mass is 16.6. The van der Waals surface area contributed by atoms with Gasteiger partial charge in [-0.2, -0.15) is 0 Å². The zero-order valence-electron chi connectivity index (χ0n) is 13.8. The second-order valence-corrected chi connectivity index (χ2v) is 5.68. The van der Waals surface area contributed by atoms with Crippen LogP contribution in [-0.4, -0.2) is 24.8 Å². The van der Waals surface area contributed by atoms with Crippen molar-refractivity contribution in [3.63, 3.8) is 0 Å². The van der Waals surface area contributed by atoms with Crippen LogP contribution in [0.5, 0.6) is 5.75 Å². The number of esters is 1. The summed E-state index contributed by atoms with van der Waals surface area (Å²) in [6, 6.07) is 16.2. The zero-order valence-corrected chi connectivity index (χ0v) is 13.8. The molecular weight excluding hydrogens is 322 g/mol. The topological polar surface area (TPSA) is 73.9 Å². The second kappa shape index (κ2) is 7.70. The van der Waals surface area contributed by atoms with Crippen LogP contribution >= 0.6 is 0 Å². The fourth-order valence-corrected chi connectivity index (χ4v) is 2.72. The normalized spacial score (nSPS) is 18.4. The SMILES string of the molecule is CC(=O)O[C@@H]1COc2ccccc2[C@H]1NC(=O)OCc1ccccc1. The molecule has 25 heavy (non-hydrogen) atoms. The van der Waals surface area contributed by atoms with Crippen LogP contribution < -0.4 is 10.1 Å². The molecule has 6 heteroatoms. The summed E-state index contributed by atoms with van der Waals surface area (Å²) in [4.78, 5) is 23.6. The number of amides is 1. The predicted molar refractivity (Wildman–Crippen MR) is 90.0 cm³/mol. The highest BCUT2D eigenvalue weighted by molar-refractivity contribution is 5.69.